The fourth-order valence-electron chi connectivity index (χ4n) is 1.55. The van der Waals surface area contributed by atoms with Gasteiger partial charge >= 0.3 is 0 Å². The molecular weight excluding hydrogens is 234 g/mol. The number of carbonyl (C=O) groups excluding carboxylic acids is 1. The molecule has 2 aromatic rings. The van der Waals surface area contributed by atoms with Crippen molar-refractivity contribution in [3.63, 3.8) is 0 Å². The van der Waals surface area contributed by atoms with Crippen LogP contribution in [0.4, 0.5) is 5.82 Å². The maximum absolute atomic E-state index is 11.9. The molecule has 94 valence electrons. The summed E-state index contributed by atoms with van der Waals surface area (Å²) >= 11 is 0. The molecule has 0 radical (unpaired) electrons. The van der Waals surface area contributed by atoms with E-state index in [1.807, 2.05) is 0 Å². The van der Waals surface area contributed by atoms with Crippen molar-refractivity contribution in [2.75, 3.05) is 5.32 Å². The van der Waals surface area contributed by atoms with Gasteiger partial charge in [-0.15, -0.1) is 0 Å². The molecule has 2 heterocycles. The summed E-state index contributed by atoms with van der Waals surface area (Å²) in [6.45, 7) is 0.270. The second-order valence-electron chi connectivity index (χ2n) is 3.73. The molecule has 0 spiro atoms. The lowest BCUT2D eigenvalue weighted by atomic mass is 10.2. The number of hydrogen-bond acceptors (Lipinski definition) is 5. The third-order valence-corrected chi connectivity index (χ3v) is 2.40. The van der Waals surface area contributed by atoms with Gasteiger partial charge in [0.05, 0.1) is 11.8 Å². The monoisotopic (exact) mass is 247 g/mol. The van der Waals surface area contributed by atoms with E-state index in [1.165, 1.54) is 18.5 Å². The molecule has 0 saturated carbocycles. The Morgan fingerprint density at radius 1 is 1.61 bits per heavy atom. The van der Waals surface area contributed by atoms with Crippen LogP contribution in [0.5, 0.6) is 5.75 Å². The largest absolute Gasteiger partial charge is 0.505 e. The van der Waals surface area contributed by atoms with Gasteiger partial charge in [0.2, 0.25) is 0 Å². The van der Waals surface area contributed by atoms with Gasteiger partial charge in [-0.2, -0.15) is 5.10 Å². The Hall–Kier alpha value is -2.41. The summed E-state index contributed by atoms with van der Waals surface area (Å²) in [5, 5.41) is 16.2. The number of carbonyl (C=O) groups is 1. The second-order valence-corrected chi connectivity index (χ2v) is 3.73. The van der Waals surface area contributed by atoms with Crippen molar-refractivity contribution in [2.24, 2.45) is 12.8 Å². The van der Waals surface area contributed by atoms with Gasteiger partial charge in [0.15, 0.2) is 5.82 Å². The fraction of sp³-hybridized carbons (Fsp3) is 0.182. The molecule has 0 fully saturated rings. The van der Waals surface area contributed by atoms with Crippen LogP contribution in [-0.4, -0.2) is 25.8 Å². The van der Waals surface area contributed by atoms with Crippen molar-refractivity contribution in [1.29, 1.82) is 0 Å². The van der Waals surface area contributed by atoms with Crippen LogP contribution in [0.3, 0.4) is 0 Å². The van der Waals surface area contributed by atoms with Crippen LogP contribution < -0.4 is 11.1 Å². The van der Waals surface area contributed by atoms with Crippen LogP contribution in [0.15, 0.2) is 24.7 Å². The van der Waals surface area contributed by atoms with E-state index in [4.69, 9.17) is 5.73 Å². The SMILES string of the molecule is Cn1cc(CN)c(NC(=O)c2ccncc2O)n1. The van der Waals surface area contributed by atoms with Crippen molar-refractivity contribution < 1.29 is 9.90 Å². The number of aromatic nitrogens is 3. The Labute approximate surface area is 103 Å². The number of nitrogens with one attached hydrogen (secondary N) is 1. The summed E-state index contributed by atoms with van der Waals surface area (Å²) in [5.74, 6) is -0.246. The summed E-state index contributed by atoms with van der Waals surface area (Å²) < 4.78 is 1.56. The lowest BCUT2D eigenvalue weighted by Gasteiger charge is -2.05. The molecule has 0 atom stereocenters. The average molecular weight is 247 g/mol. The van der Waals surface area contributed by atoms with E-state index in [1.54, 1.807) is 17.9 Å². The summed E-state index contributed by atoms with van der Waals surface area (Å²) in [6, 6.07) is 1.43. The van der Waals surface area contributed by atoms with E-state index in [9.17, 15) is 9.90 Å². The topological polar surface area (TPSA) is 106 Å². The summed E-state index contributed by atoms with van der Waals surface area (Å²) in [5.41, 5.74) is 6.40. The summed E-state index contributed by atoms with van der Waals surface area (Å²) in [4.78, 5) is 15.6. The number of nitrogens with two attached hydrogens (primary N) is 1. The van der Waals surface area contributed by atoms with Crippen LogP contribution in [0.2, 0.25) is 0 Å². The standard InChI is InChI=1S/C11H13N5O2/c1-16-6-7(4-12)10(15-16)14-11(18)8-2-3-13-5-9(8)17/h2-3,5-6,17H,4,12H2,1H3,(H,14,15,18). The Morgan fingerprint density at radius 3 is 3.06 bits per heavy atom. The Bertz CT molecular complexity index is 579. The highest BCUT2D eigenvalue weighted by molar-refractivity contribution is 6.05. The molecule has 0 bridgehead atoms. The zero-order valence-electron chi connectivity index (χ0n) is 9.79. The number of rotatable bonds is 3. The first-order valence-corrected chi connectivity index (χ1v) is 5.28. The Morgan fingerprint density at radius 2 is 2.39 bits per heavy atom. The van der Waals surface area contributed by atoms with Gasteiger partial charge in [0, 0.05) is 31.5 Å². The lowest BCUT2D eigenvalue weighted by molar-refractivity contribution is 0.102. The number of aryl methyl sites for hydroxylation is 1. The predicted octanol–water partition coefficient (Wildman–Crippen LogP) is 0.232. The molecule has 0 aliphatic rings. The van der Waals surface area contributed by atoms with Crippen molar-refractivity contribution in [3.05, 3.63) is 35.8 Å². The predicted molar refractivity (Wildman–Crippen MR) is 65.0 cm³/mol. The maximum atomic E-state index is 11.9. The highest BCUT2D eigenvalue weighted by Crippen LogP contribution is 2.17. The number of pyridine rings is 1. The van der Waals surface area contributed by atoms with Crippen LogP contribution >= 0.6 is 0 Å². The molecule has 2 rings (SSSR count). The average Bonchev–Trinajstić information content (AvgIpc) is 2.70. The highest BCUT2D eigenvalue weighted by Gasteiger charge is 2.14. The molecule has 0 saturated heterocycles. The molecular formula is C11H13N5O2. The normalized spacial score (nSPS) is 10.3. The van der Waals surface area contributed by atoms with E-state index in [2.05, 4.69) is 15.4 Å². The van der Waals surface area contributed by atoms with E-state index in [-0.39, 0.29) is 17.9 Å². The van der Waals surface area contributed by atoms with Crippen LogP contribution in [0.25, 0.3) is 0 Å². The molecule has 7 nitrogen and oxygen atoms in total. The lowest BCUT2D eigenvalue weighted by Crippen LogP contribution is -2.14. The molecule has 2 aromatic heterocycles. The maximum Gasteiger partial charge on any atom is 0.260 e. The quantitative estimate of drug-likeness (QED) is 0.720. The first-order valence-electron chi connectivity index (χ1n) is 5.28. The van der Waals surface area contributed by atoms with Gasteiger partial charge in [0.1, 0.15) is 5.75 Å². The number of nitrogens with zero attached hydrogens (tertiary/aromatic N) is 3. The molecule has 18 heavy (non-hydrogen) atoms. The summed E-state index contributed by atoms with van der Waals surface area (Å²) in [7, 11) is 1.73. The first kappa shape index (κ1) is 12.1. The van der Waals surface area contributed by atoms with E-state index in [0.717, 1.165) is 5.56 Å². The minimum absolute atomic E-state index is 0.138. The third kappa shape index (κ3) is 2.30. The van der Waals surface area contributed by atoms with Crippen molar-refractivity contribution >= 4 is 11.7 Å². The van der Waals surface area contributed by atoms with Gasteiger partial charge < -0.3 is 16.2 Å². The first-order chi connectivity index (χ1) is 8.61. The molecule has 1 amide bonds. The molecule has 0 aromatic carbocycles. The van der Waals surface area contributed by atoms with E-state index in [0.29, 0.717) is 5.82 Å². The minimum atomic E-state index is -0.455. The van der Waals surface area contributed by atoms with Gasteiger partial charge in [-0.1, -0.05) is 0 Å². The van der Waals surface area contributed by atoms with Gasteiger partial charge in [0.25, 0.3) is 5.91 Å². The van der Waals surface area contributed by atoms with Crippen molar-refractivity contribution in [1.82, 2.24) is 14.8 Å². The van der Waals surface area contributed by atoms with Gasteiger partial charge in [-0.25, -0.2) is 0 Å². The fourth-order valence-corrected chi connectivity index (χ4v) is 1.55. The molecule has 4 N–H and O–H groups in total. The molecule has 0 aliphatic heterocycles. The second kappa shape index (κ2) is 4.84. The van der Waals surface area contributed by atoms with Gasteiger partial charge in [-0.05, 0) is 6.07 Å². The third-order valence-electron chi connectivity index (χ3n) is 2.40. The summed E-state index contributed by atoms with van der Waals surface area (Å²) in [6.07, 6.45) is 4.36. The number of amides is 1. The van der Waals surface area contributed by atoms with E-state index >= 15 is 0 Å². The Balaban J connectivity index is 2.24. The Kier molecular flexibility index (Phi) is 3.24. The van der Waals surface area contributed by atoms with Crippen LogP contribution in [0.1, 0.15) is 15.9 Å². The molecule has 0 aliphatic carbocycles. The zero-order chi connectivity index (χ0) is 13.1. The number of hydrogen-bond donors (Lipinski definition) is 3. The van der Waals surface area contributed by atoms with E-state index < -0.39 is 5.91 Å². The zero-order valence-corrected chi connectivity index (χ0v) is 9.79. The van der Waals surface area contributed by atoms with Crippen molar-refractivity contribution in [2.45, 2.75) is 6.54 Å². The molecule has 0 unspecified atom stereocenters. The van der Waals surface area contributed by atoms with Gasteiger partial charge in [-0.3, -0.25) is 14.5 Å². The smallest absolute Gasteiger partial charge is 0.260 e. The van der Waals surface area contributed by atoms with Crippen molar-refractivity contribution in [3.8, 4) is 5.75 Å². The number of aromatic hydroxyl groups is 1. The van der Waals surface area contributed by atoms with Crippen LogP contribution in [-0.2, 0) is 13.6 Å². The highest BCUT2D eigenvalue weighted by atomic mass is 16.3. The molecule has 7 heteroatoms. The van der Waals surface area contributed by atoms with Crippen LogP contribution in [0, 0.1) is 0 Å². The number of anilines is 1. The minimum Gasteiger partial charge on any atom is -0.505 e.